The van der Waals surface area contributed by atoms with Crippen molar-refractivity contribution in [3.05, 3.63) is 70.7 Å². The highest BCUT2D eigenvalue weighted by Crippen LogP contribution is 2.20. The van der Waals surface area contributed by atoms with Crippen molar-refractivity contribution in [2.24, 2.45) is 0 Å². The summed E-state index contributed by atoms with van der Waals surface area (Å²) < 4.78 is 0. The first-order chi connectivity index (χ1) is 18.8. The minimum absolute atomic E-state index is 0.0277. The fourth-order valence-electron chi connectivity index (χ4n) is 5.30. The number of halogens is 1. The molecule has 0 saturated carbocycles. The third-order valence-corrected chi connectivity index (χ3v) is 7.54. The lowest BCUT2D eigenvalue weighted by atomic mass is 10.0. The van der Waals surface area contributed by atoms with Crippen LogP contribution in [0.15, 0.2) is 54.6 Å². The Labute approximate surface area is 233 Å². The van der Waals surface area contributed by atoms with Gasteiger partial charge in [-0.15, -0.1) is 0 Å². The zero-order chi connectivity index (χ0) is 27.8. The van der Waals surface area contributed by atoms with Crippen LogP contribution in [0.5, 0.6) is 0 Å². The number of carbonyl (C=O) groups excluding carboxylic acids is 3. The topological polar surface area (TPSA) is 128 Å². The molecule has 4 unspecified atom stereocenters. The van der Waals surface area contributed by atoms with Crippen LogP contribution in [0.4, 0.5) is 0 Å². The number of carboxylic acid groups (broad SMARTS) is 1. The molecule has 2 aliphatic heterocycles. The fraction of sp³-hybridized carbons (Fsp3) is 0.448. The molecule has 0 bridgehead atoms. The summed E-state index contributed by atoms with van der Waals surface area (Å²) in [5.74, 6) is -2.02. The fourth-order valence-corrected chi connectivity index (χ4v) is 5.43. The van der Waals surface area contributed by atoms with Crippen LogP contribution in [0.25, 0.3) is 0 Å². The minimum Gasteiger partial charge on any atom is -0.480 e. The third kappa shape index (κ3) is 8.03. The third-order valence-electron chi connectivity index (χ3n) is 7.29. The summed E-state index contributed by atoms with van der Waals surface area (Å²) in [4.78, 5) is 52.8. The van der Waals surface area contributed by atoms with Gasteiger partial charge in [0.05, 0.1) is 6.04 Å². The molecule has 10 heteroatoms. The van der Waals surface area contributed by atoms with E-state index in [4.69, 9.17) is 11.6 Å². The van der Waals surface area contributed by atoms with Crippen molar-refractivity contribution in [1.29, 1.82) is 0 Å². The van der Waals surface area contributed by atoms with Crippen LogP contribution >= 0.6 is 11.6 Å². The van der Waals surface area contributed by atoms with Gasteiger partial charge in [0.15, 0.2) is 0 Å². The van der Waals surface area contributed by atoms with Crippen LogP contribution in [-0.4, -0.2) is 71.0 Å². The number of rotatable bonds is 11. The van der Waals surface area contributed by atoms with Crippen LogP contribution in [0.2, 0.25) is 5.02 Å². The molecule has 4 rings (SSSR count). The highest BCUT2D eigenvalue weighted by Gasteiger charge is 2.38. The first-order valence-corrected chi connectivity index (χ1v) is 13.8. The zero-order valence-electron chi connectivity index (χ0n) is 21.8. The predicted molar refractivity (Wildman–Crippen MR) is 147 cm³/mol. The van der Waals surface area contributed by atoms with Crippen LogP contribution in [-0.2, 0) is 32.0 Å². The Hall–Kier alpha value is -3.43. The summed E-state index contributed by atoms with van der Waals surface area (Å²) in [6, 6.07) is 13.9. The van der Waals surface area contributed by atoms with Gasteiger partial charge >= 0.3 is 5.97 Å². The van der Waals surface area contributed by atoms with E-state index >= 15 is 0 Å². The lowest BCUT2D eigenvalue weighted by Crippen LogP contribution is -2.54. The van der Waals surface area contributed by atoms with E-state index in [0.717, 1.165) is 30.5 Å². The van der Waals surface area contributed by atoms with Crippen molar-refractivity contribution in [2.45, 2.75) is 69.1 Å². The maximum Gasteiger partial charge on any atom is 0.326 e. The van der Waals surface area contributed by atoms with Gasteiger partial charge in [0.25, 0.3) is 0 Å². The number of aliphatic carboxylic acids is 1. The van der Waals surface area contributed by atoms with Crippen molar-refractivity contribution in [2.75, 3.05) is 13.1 Å². The van der Waals surface area contributed by atoms with Gasteiger partial charge in [0, 0.05) is 30.5 Å². The summed E-state index contributed by atoms with van der Waals surface area (Å²) in [5.41, 5.74) is 1.76. The van der Waals surface area contributed by atoms with E-state index in [-0.39, 0.29) is 24.8 Å². The number of likely N-dealkylation sites (tertiary alicyclic amines) is 1. The maximum absolute atomic E-state index is 13.5. The van der Waals surface area contributed by atoms with E-state index in [2.05, 4.69) is 16.0 Å². The van der Waals surface area contributed by atoms with Gasteiger partial charge in [-0.05, 0) is 61.9 Å². The SMILES string of the molecule is O=C(CC(Cc1ccccc1)NC(=O)C1CCCN1)NC(Cc1ccc(Cl)cc1)C(=O)N1CCCC1C(=O)O. The molecule has 4 atom stereocenters. The standard InChI is InChI=1S/C29H35ClN4O5/c30-21-12-10-20(11-13-21)17-24(28(37)34-15-5-9-25(34)29(38)39)33-26(35)18-22(16-19-6-2-1-3-7-19)32-27(36)23-8-4-14-31-23/h1-3,6-7,10-13,22-25,31H,4-5,8-9,14-18H2,(H,32,36)(H,33,35)(H,38,39). The van der Waals surface area contributed by atoms with Crippen molar-refractivity contribution in [3.63, 3.8) is 0 Å². The molecule has 0 aromatic heterocycles. The number of hydrogen-bond donors (Lipinski definition) is 4. The largest absolute Gasteiger partial charge is 0.480 e. The second kappa shape index (κ2) is 13.6. The zero-order valence-corrected chi connectivity index (χ0v) is 22.5. The van der Waals surface area contributed by atoms with Crippen molar-refractivity contribution >= 4 is 35.3 Å². The van der Waals surface area contributed by atoms with Crippen molar-refractivity contribution in [3.8, 4) is 0 Å². The Morgan fingerprint density at radius 3 is 2.33 bits per heavy atom. The second-order valence-electron chi connectivity index (χ2n) is 10.2. The molecule has 2 aromatic carbocycles. The molecule has 2 aliphatic rings. The Balaban J connectivity index is 1.49. The van der Waals surface area contributed by atoms with Crippen LogP contribution in [0, 0.1) is 0 Å². The molecule has 4 N–H and O–H groups in total. The molecule has 0 spiro atoms. The summed E-state index contributed by atoms with van der Waals surface area (Å²) >= 11 is 6.02. The van der Waals surface area contributed by atoms with E-state index in [1.807, 2.05) is 30.3 Å². The second-order valence-corrected chi connectivity index (χ2v) is 10.7. The number of carboxylic acids is 1. The van der Waals surface area contributed by atoms with E-state index in [0.29, 0.717) is 30.8 Å². The maximum atomic E-state index is 13.5. The molecule has 0 aliphatic carbocycles. The molecule has 2 fully saturated rings. The molecule has 3 amide bonds. The van der Waals surface area contributed by atoms with Crippen LogP contribution in [0.1, 0.15) is 43.2 Å². The molecule has 9 nitrogen and oxygen atoms in total. The number of nitrogens with zero attached hydrogens (tertiary/aromatic N) is 1. The molecular formula is C29H35ClN4O5. The smallest absolute Gasteiger partial charge is 0.326 e. The first kappa shape index (κ1) is 28.6. The van der Waals surface area contributed by atoms with Crippen LogP contribution < -0.4 is 16.0 Å². The average molecular weight is 555 g/mol. The first-order valence-electron chi connectivity index (χ1n) is 13.4. The molecule has 0 radical (unpaired) electrons. The number of amides is 3. The lowest BCUT2D eigenvalue weighted by molar-refractivity contribution is -0.149. The van der Waals surface area contributed by atoms with E-state index in [9.17, 15) is 24.3 Å². The molecule has 39 heavy (non-hydrogen) atoms. The predicted octanol–water partition coefficient (Wildman–Crippen LogP) is 2.31. The normalized spacial score (nSPS) is 20.3. The minimum atomic E-state index is -1.05. The van der Waals surface area contributed by atoms with E-state index in [1.54, 1.807) is 24.3 Å². The molecule has 2 heterocycles. The van der Waals surface area contributed by atoms with Gasteiger partial charge in [-0.2, -0.15) is 0 Å². The molecule has 2 aromatic rings. The number of carbonyl (C=O) groups is 4. The van der Waals surface area contributed by atoms with E-state index < -0.39 is 35.9 Å². The number of nitrogens with one attached hydrogen (secondary N) is 3. The quantitative estimate of drug-likeness (QED) is 0.337. The van der Waals surface area contributed by atoms with E-state index in [1.165, 1.54) is 4.90 Å². The Kier molecular flexibility index (Phi) is 9.95. The van der Waals surface area contributed by atoms with Crippen LogP contribution in [0.3, 0.4) is 0 Å². The summed E-state index contributed by atoms with van der Waals surface area (Å²) in [7, 11) is 0. The highest BCUT2D eigenvalue weighted by molar-refractivity contribution is 6.30. The van der Waals surface area contributed by atoms with Gasteiger partial charge < -0.3 is 26.0 Å². The van der Waals surface area contributed by atoms with Gasteiger partial charge in [0.2, 0.25) is 17.7 Å². The molecular weight excluding hydrogens is 520 g/mol. The summed E-state index contributed by atoms with van der Waals surface area (Å²) in [6.45, 7) is 1.11. The van der Waals surface area contributed by atoms with Crippen molar-refractivity contribution in [1.82, 2.24) is 20.9 Å². The molecule has 208 valence electrons. The van der Waals surface area contributed by atoms with Gasteiger partial charge in [0.1, 0.15) is 12.1 Å². The lowest BCUT2D eigenvalue weighted by Gasteiger charge is -2.28. The average Bonchev–Trinajstić information content (AvgIpc) is 3.63. The van der Waals surface area contributed by atoms with Crippen molar-refractivity contribution < 1.29 is 24.3 Å². The number of hydrogen-bond acceptors (Lipinski definition) is 5. The summed E-state index contributed by atoms with van der Waals surface area (Å²) in [6.07, 6.45) is 3.24. The Bertz CT molecular complexity index is 1150. The Morgan fingerprint density at radius 1 is 0.949 bits per heavy atom. The van der Waals surface area contributed by atoms with Gasteiger partial charge in [-0.3, -0.25) is 14.4 Å². The Morgan fingerprint density at radius 2 is 1.67 bits per heavy atom. The number of benzene rings is 2. The monoisotopic (exact) mass is 554 g/mol. The van der Waals surface area contributed by atoms with Gasteiger partial charge in [-0.25, -0.2) is 4.79 Å². The highest BCUT2D eigenvalue weighted by atomic mass is 35.5. The van der Waals surface area contributed by atoms with Gasteiger partial charge in [-0.1, -0.05) is 54.1 Å². The summed E-state index contributed by atoms with van der Waals surface area (Å²) in [5, 5.41) is 19.2. The molecule has 2 saturated heterocycles.